The lowest BCUT2D eigenvalue weighted by Crippen LogP contribution is -2.37. The molecular weight excluding hydrogens is 644 g/mol. The largest absolute Gasteiger partial charge is 0.444 e. The van der Waals surface area contributed by atoms with Gasteiger partial charge in [-0.05, 0) is 27.2 Å². The standard InChI is InChI=1S/C34H64N2O13/c1-6-12-39-18-24-45-28-22-43-16-10-36(32(37)8-14-41-20-26-47-31-30-46-25-19-40-13-7-2)11-17-44-23-29-48-27-21-42-15-9-35-33(38)49-34(3,4)5/h2H,6,8-31H2,1,3-5H3,(H,35,38). The van der Waals surface area contributed by atoms with Crippen LogP contribution in [0.25, 0.3) is 0 Å². The minimum atomic E-state index is -0.537. The minimum Gasteiger partial charge on any atom is -0.444 e. The van der Waals surface area contributed by atoms with Crippen LogP contribution in [0.4, 0.5) is 4.79 Å². The van der Waals surface area contributed by atoms with Gasteiger partial charge in [0.2, 0.25) is 5.91 Å². The van der Waals surface area contributed by atoms with E-state index in [0.717, 1.165) is 13.0 Å². The number of nitrogens with one attached hydrogen (secondary N) is 1. The molecule has 0 aliphatic carbocycles. The lowest BCUT2D eigenvalue weighted by atomic mass is 10.2. The van der Waals surface area contributed by atoms with Crippen molar-refractivity contribution in [2.45, 2.75) is 46.1 Å². The minimum absolute atomic E-state index is 0.0487. The van der Waals surface area contributed by atoms with Crippen molar-refractivity contribution < 1.29 is 61.7 Å². The monoisotopic (exact) mass is 708 g/mol. The first-order chi connectivity index (χ1) is 23.8. The van der Waals surface area contributed by atoms with E-state index in [1.54, 1.807) is 25.7 Å². The second kappa shape index (κ2) is 35.7. The molecular formula is C34H64N2O13. The van der Waals surface area contributed by atoms with Gasteiger partial charge >= 0.3 is 6.09 Å². The maximum atomic E-state index is 12.9. The molecule has 0 unspecified atom stereocenters. The van der Waals surface area contributed by atoms with Crippen LogP contribution in [-0.4, -0.2) is 174 Å². The van der Waals surface area contributed by atoms with Crippen LogP contribution in [0.1, 0.15) is 40.5 Å². The third-order valence-electron chi connectivity index (χ3n) is 5.88. The molecule has 15 heteroatoms. The van der Waals surface area contributed by atoms with E-state index in [-0.39, 0.29) is 25.5 Å². The van der Waals surface area contributed by atoms with Crippen molar-refractivity contribution in [1.82, 2.24) is 10.2 Å². The van der Waals surface area contributed by atoms with Gasteiger partial charge in [0.15, 0.2) is 0 Å². The van der Waals surface area contributed by atoms with Gasteiger partial charge in [0.25, 0.3) is 0 Å². The van der Waals surface area contributed by atoms with E-state index in [9.17, 15) is 9.59 Å². The highest BCUT2D eigenvalue weighted by Gasteiger charge is 2.15. The summed E-state index contributed by atoms with van der Waals surface area (Å²) in [5.41, 5.74) is -0.537. The van der Waals surface area contributed by atoms with E-state index < -0.39 is 11.7 Å². The highest BCUT2D eigenvalue weighted by molar-refractivity contribution is 5.76. The molecule has 0 radical (unpaired) electrons. The van der Waals surface area contributed by atoms with E-state index in [1.165, 1.54) is 0 Å². The van der Waals surface area contributed by atoms with Crippen LogP contribution in [0, 0.1) is 12.3 Å². The second-order valence-corrected chi connectivity index (χ2v) is 11.3. The fraction of sp³-hybridized carbons (Fsp3) is 0.882. The molecule has 0 fully saturated rings. The maximum absolute atomic E-state index is 12.9. The van der Waals surface area contributed by atoms with Crippen LogP contribution < -0.4 is 5.32 Å². The lowest BCUT2D eigenvalue weighted by molar-refractivity contribution is -0.134. The highest BCUT2D eigenvalue weighted by atomic mass is 16.6. The normalized spacial score (nSPS) is 11.4. The maximum Gasteiger partial charge on any atom is 0.407 e. The molecule has 0 aromatic heterocycles. The Kier molecular flexibility index (Phi) is 34.2. The van der Waals surface area contributed by atoms with Crippen molar-refractivity contribution in [3.63, 3.8) is 0 Å². The molecule has 49 heavy (non-hydrogen) atoms. The molecule has 0 spiro atoms. The number of nitrogens with zero attached hydrogens (tertiary/aromatic N) is 1. The summed E-state index contributed by atoms with van der Waals surface area (Å²) in [6.07, 6.45) is 5.85. The quantitative estimate of drug-likeness (QED) is 0.0747. The summed E-state index contributed by atoms with van der Waals surface area (Å²) in [7, 11) is 0. The van der Waals surface area contributed by atoms with Gasteiger partial charge < -0.3 is 62.3 Å². The highest BCUT2D eigenvalue weighted by Crippen LogP contribution is 2.06. The SMILES string of the molecule is C#CCOCCOCCOCCOCCC(=O)N(CCOCCOCCOCCC)CCOCCOCCOCCNC(=O)OC(C)(C)C. The third kappa shape index (κ3) is 37.0. The van der Waals surface area contributed by atoms with E-state index in [2.05, 4.69) is 18.2 Å². The fourth-order valence-electron chi connectivity index (χ4n) is 3.59. The number of carbonyl (C=O) groups excluding carboxylic acids is 2. The Morgan fingerprint density at radius 2 is 0.959 bits per heavy atom. The Bertz CT molecular complexity index is 793. The summed E-state index contributed by atoms with van der Waals surface area (Å²) in [4.78, 5) is 26.2. The lowest BCUT2D eigenvalue weighted by Gasteiger charge is -2.23. The van der Waals surface area contributed by atoms with Crippen LogP contribution in [0.15, 0.2) is 0 Å². The fourth-order valence-corrected chi connectivity index (χ4v) is 3.59. The van der Waals surface area contributed by atoms with Gasteiger partial charge in [-0.1, -0.05) is 12.8 Å². The van der Waals surface area contributed by atoms with Crippen molar-refractivity contribution in [2.24, 2.45) is 0 Å². The van der Waals surface area contributed by atoms with Crippen LogP contribution in [0.5, 0.6) is 0 Å². The van der Waals surface area contributed by atoms with Crippen molar-refractivity contribution in [2.75, 3.05) is 152 Å². The topological polar surface area (TPSA) is 151 Å². The predicted octanol–water partition coefficient (Wildman–Crippen LogP) is 1.94. The van der Waals surface area contributed by atoms with Crippen molar-refractivity contribution in [3.05, 3.63) is 0 Å². The third-order valence-corrected chi connectivity index (χ3v) is 5.88. The second-order valence-electron chi connectivity index (χ2n) is 11.3. The molecule has 0 saturated heterocycles. The summed E-state index contributed by atoms with van der Waals surface area (Å²) in [6, 6.07) is 0. The Morgan fingerprint density at radius 1 is 0.571 bits per heavy atom. The molecule has 0 aliphatic heterocycles. The number of hydrogen-bond donors (Lipinski definition) is 1. The van der Waals surface area contributed by atoms with Crippen LogP contribution in [-0.2, 0) is 56.9 Å². The smallest absolute Gasteiger partial charge is 0.407 e. The first-order valence-corrected chi connectivity index (χ1v) is 17.3. The molecule has 0 aromatic carbocycles. The molecule has 0 bridgehead atoms. The Labute approximate surface area is 294 Å². The first-order valence-electron chi connectivity index (χ1n) is 17.3. The molecule has 0 aromatic rings. The van der Waals surface area contributed by atoms with Crippen molar-refractivity contribution in [1.29, 1.82) is 0 Å². The number of ether oxygens (including phenoxy) is 11. The van der Waals surface area contributed by atoms with E-state index in [1.807, 2.05) is 0 Å². The molecule has 288 valence electrons. The number of carbonyl (C=O) groups is 2. The molecule has 0 aliphatic rings. The van der Waals surface area contributed by atoms with Gasteiger partial charge in [-0.3, -0.25) is 4.79 Å². The zero-order valence-corrected chi connectivity index (χ0v) is 30.5. The number of hydrogen-bond acceptors (Lipinski definition) is 13. The number of amides is 2. The van der Waals surface area contributed by atoms with Crippen molar-refractivity contribution in [3.8, 4) is 12.3 Å². The molecule has 0 rings (SSSR count). The summed E-state index contributed by atoms with van der Waals surface area (Å²) < 4.78 is 59.9. The number of alkyl carbamates (subject to hydrolysis) is 1. The van der Waals surface area contributed by atoms with E-state index >= 15 is 0 Å². The molecule has 1 N–H and O–H groups in total. The zero-order valence-electron chi connectivity index (χ0n) is 30.5. The Morgan fingerprint density at radius 3 is 1.39 bits per heavy atom. The Balaban J connectivity index is 4.10. The van der Waals surface area contributed by atoms with Gasteiger partial charge in [0, 0.05) is 26.2 Å². The first kappa shape index (κ1) is 46.9. The molecule has 0 saturated carbocycles. The molecule has 0 heterocycles. The summed E-state index contributed by atoms with van der Waals surface area (Å²) in [6.45, 7) is 17.2. The average Bonchev–Trinajstić information content (AvgIpc) is 3.06. The van der Waals surface area contributed by atoms with Crippen LogP contribution >= 0.6 is 0 Å². The predicted molar refractivity (Wildman–Crippen MR) is 183 cm³/mol. The van der Waals surface area contributed by atoms with Gasteiger partial charge in [-0.15, -0.1) is 6.42 Å². The number of terminal acetylenes is 1. The van der Waals surface area contributed by atoms with E-state index in [0.29, 0.717) is 132 Å². The number of rotatable bonds is 36. The van der Waals surface area contributed by atoms with Crippen molar-refractivity contribution >= 4 is 12.0 Å². The molecule has 2 amide bonds. The van der Waals surface area contributed by atoms with Crippen LogP contribution in [0.2, 0.25) is 0 Å². The van der Waals surface area contributed by atoms with Crippen LogP contribution in [0.3, 0.4) is 0 Å². The zero-order chi connectivity index (χ0) is 36.1. The summed E-state index contributed by atoms with van der Waals surface area (Å²) >= 11 is 0. The summed E-state index contributed by atoms with van der Waals surface area (Å²) in [5.74, 6) is 2.35. The molecule has 15 nitrogen and oxygen atoms in total. The van der Waals surface area contributed by atoms with Gasteiger partial charge in [-0.25, -0.2) is 4.79 Å². The van der Waals surface area contributed by atoms with Gasteiger partial charge in [0.1, 0.15) is 12.2 Å². The Hall–Kier alpha value is -2.10. The van der Waals surface area contributed by atoms with E-state index in [4.69, 9.17) is 58.5 Å². The van der Waals surface area contributed by atoms with Gasteiger partial charge in [-0.2, -0.15) is 0 Å². The average molecular weight is 709 g/mol. The molecule has 0 atom stereocenters. The summed E-state index contributed by atoms with van der Waals surface area (Å²) in [5, 5.41) is 2.63. The van der Waals surface area contributed by atoms with Gasteiger partial charge in [0.05, 0.1) is 125 Å².